The first-order valence-electron chi connectivity index (χ1n) is 20.5. The van der Waals surface area contributed by atoms with E-state index in [1.165, 1.54) is 74.6 Å². The summed E-state index contributed by atoms with van der Waals surface area (Å²) >= 11 is 1.84. The number of aromatic nitrogens is 4. The Labute approximate surface area is 350 Å². The van der Waals surface area contributed by atoms with Gasteiger partial charge in [0, 0.05) is 32.0 Å². The molecule has 5 heteroatoms. The maximum atomic E-state index is 5.51. The lowest BCUT2D eigenvalue weighted by Crippen LogP contribution is -2.09. The van der Waals surface area contributed by atoms with E-state index in [0.717, 1.165) is 34.3 Å². The summed E-state index contributed by atoms with van der Waals surface area (Å²) in [4.78, 5) is 20.5. The van der Waals surface area contributed by atoms with Crippen molar-refractivity contribution >= 4 is 85.9 Å². The highest BCUT2D eigenvalue weighted by molar-refractivity contribution is 7.26. The fourth-order valence-corrected chi connectivity index (χ4v) is 10.5. The Hall–Kier alpha value is -7.34. The normalized spacial score (nSPS) is 14.4. The molecule has 11 aromatic rings. The first kappa shape index (κ1) is 34.7. The van der Waals surface area contributed by atoms with Crippen molar-refractivity contribution in [1.29, 1.82) is 0 Å². The SMILES string of the molecule is CC1CC(c2nc(-c3ccccc3)nc(-c3ccccc3)n2)=CC=C1c1nc2ccc(-c3ccc4c5ccccc5c5ccccc5c4c3)cc2c2c1sc1ccccc12. The summed E-state index contributed by atoms with van der Waals surface area (Å²) in [6.07, 6.45) is 5.25. The molecule has 0 spiro atoms. The number of allylic oxidation sites excluding steroid dienone is 4. The van der Waals surface area contributed by atoms with Gasteiger partial charge in [0.25, 0.3) is 0 Å². The zero-order valence-electron chi connectivity index (χ0n) is 32.8. The van der Waals surface area contributed by atoms with Crippen molar-refractivity contribution in [3.05, 3.63) is 194 Å². The van der Waals surface area contributed by atoms with Crippen molar-refractivity contribution in [2.45, 2.75) is 13.3 Å². The van der Waals surface area contributed by atoms with Gasteiger partial charge in [-0.05, 0) is 91.2 Å². The minimum absolute atomic E-state index is 0.184. The third kappa shape index (κ3) is 5.65. The molecule has 0 saturated carbocycles. The summed E-state index contributed by atoms with van der Waals surface area (Å²) in [7, 11) is 0. The highest BCUT2D eigenvalue weighted by Crippen LogP contribution is 2.46. The smallest absolute Gasteiger partial charge is 0.164 e. The number of nitrogens with zero attached hydrogens (tertiary/aromatic N) is 4. The van der Waals surface area contributed by atoms with Crippen LogP contribution < -0.4 is 0 Å². The van der Waals surface area contributed by atoms with Gasteiger partial charge in [0.05, 0.1) is 15.9 Å². The molecule has 1 unspecified atom stereocenters. The van der Waals surface area contributed by atoms with Crippen molar-refractivity contribution in [2.24, 2.45) is 5.92 Å². The van der Waals surface area contributed by atoms with Crippen LogP contribution in [-0.4, -0.2) is 19.9 Å². The highest BCUT2D eigenvalue weighted by Gasteiger charge is 2.25. The lowest BCUT2D eigenvalue weighted by Gasteiger charge is -2.22. The molecule has 3 heterocycles. The van der Waals surface area contributed by atoms with Crippen LogP contribution in [0, 0.1) is 5.92 Å². The molecule has 4 nitrogen and oxygen atoms in total. The molecule has 0 saturated heterocycles. The van der Waals surface area contributed by atoms with Gasteiger partial charge >= 0.3 is 0 Å². The number of fused-ring (bicyclic) bond motifs is 11. The molecule has 8 aromatic carbocycles. The zero-order valence-corrected chi connectivity index (χ0v) is 33.6. The Morgan fingerprint density at radius 3 is 1.58 bits per heavy atom. The van der Waals surface area contributed by atoms with Gasteiger partial charge < -0.3 is 0 Å². The van der Waals surface area contributed by atoms with E-state index in [4.69, 9.17) is 19.9 Å². The number of thiophene rings is 1. The molecule has 1 atom stereocenters. The van der Waals surface area contributed by atoms with Crippen LogP contribution >= 0.6 is 11.3 Å². The highest BCUT2D eigenvalue weighted by atomic mass is 32.1. The molecule has 0 amide bonds. The second kappa shape index (κ2) is 13.9. The topological polar surface area (TPSA) is 51.6 Å². The molecule has 12 rings (SSSR count). The van der Waals surface area contributed by atoms with Gasteiger partial charge in [0.2, 0.25) is 0 Å². The molecule has 0 N–H and O–H groups in total. The maximum absolute atomic E-state index is 5.51. The zero-order chi connectivity index (χ0) is 39.7. The van der Waals surface area contributed by atoms with Crippen LogP contribution in [0.2, 0.25) is 0 Å². The predicted octanol–water partition coefficient (Wildman–Crippen LogP) is 14.8. The summed E-state index contributed by atoms with van der Waals surface area (Å²) in [6, 6.07) is 60.5. The summed E-state index contributed by atoms with van der Waals surface area (Å²) < 4.78 is 2.49. The maximum Gasteiger partial charge on any atom is 0.164 e. The first-order chi connectivity index (χ1) is 29.6. The number of hydrogen-bond acceptors (Lipinski definition) is 5. The van der Waals surface area contributed by atoms with Gasteiger partial charge in [0.1, 0.15) is 0 Å². The summed E-state index contributed by atoms with van der Waals surface area (Å²) in [6.45, 7) is 2.30. The van der Waals surface area contributed by atoms with Crippen molar-refractivity contribution < 1.29 is 0 Å². The summed E-state index contributed by atoms with van der Waals surface area (Å²) in [5.74, 6) is 2.25. The molecule has 60 heavy (non-hydrogen) atoms. The van der Waals surface area contributed by atoms with Gasteiger partial charge in [-0.2, -0.15) is 0 Å². The summed E-state index contributed by atoms with van der Waals surface area (Å²) in [5.41, 5.74) is 8.72. The van der Waals surface area contributed by atoms with Crippen LogP contribution in [0.4, 0.5) is 0 Å². The number of benzene rings is 8. The van der Waals surface area contributed by atoms with Gasteiger partial charge in [-0.15, -0.1) is 11.3 Å². The monoisotopic (exact) mass is 784 g/mol. The minimum atomic E-state index is 0.184. The lowest BCUT2D eigenvalue weighted by atomic mass is 9.85. The van der Waals surface area contributed by atoms with Gasteiger partial charge in [-0.3, -0.25) is 0 Å². The summed E-state index contributed by atoms with van der Waals surface area (Å²) in [5, 5.41) is 11.4. The van der Waals surface area contributed by atoms with E-state index in [2.05, 4.69) is 153 Å². The Morgan fingerprint density at radius 2 is 0.950 bits per heavy atom. The van der Waals surface area contributed by atoms with Gasteiger partial charge in [-0.25, -0.2) is 19.9 Å². The van der Waals surface area contributed by atoms with E-state index in [1.807, 2.05) is 47.7 Å². The Balaban J connectivity index is 1.00. The van der Waals surface area contributed by atoms with Crippen molar-refractivity contribution in [1.82, 2.24) is 19.9 Å². The van der Waals surface area contributed by atoms with Crippen molar-refractivity contribution in [2.75, 3.05) is 0 Å². The minimum Gasteiger partial charge on any atom is -0.247 e. The third-order valence-corrected chi connectivity index (χ3v) is 13.3. The molecular weight excluding hydrogens is 749 g/mol. The van der Waals surface area contributed by atoms with Crippen molar-refractivity contribution in [3.63, 3.8) is 0 Å². The largest absolute Gasteiger partial charge is 0.247 e. The van der Waals surface area contributed by atoms with Gasteiger partial charge in [-0.1, -0.05) is 165 Å². The molecule has 1 aliphatic carbocycles. The Morgan fingerprint density at radius 1 is 0.433 bits per heavy atom. The molecular formula is C55H36N4S. The van der Waals surface area contributed by atoms with Crippen LogP contribution in [0.25, 0.3) is 108 Å². The van der Waals surface area contributed by atoms with E-state index >= 15 is 0 Å². The first-order valence-corrected chi connectivity index (χ1v) is 21.3. The number of pyridine rings is 1. The third-order valence-electron chi connectivity index (χ3n) is 12.2. The Bertz CT molecular complexity index is 3490. The molecule has 3 aromatic heterocycles. The average Bonchev–Trinajstić information content (AvgIpc) is 3.72. The van der Waals surface area contributed by atoms with E-state index in [0.29, 0.717) is 17.5 Å². The molecule has 0 fully saturated rings. The molecule has 282 valence electrons. The quantitative estimate of drug-likeness (QED) is 0.163. The van der Waals surface area contributed by atoms with E-state index < -0.39 is 0 Å². The van der Waals surface area contributed by atoms with Crippen molar-refractivity contribution in [3.8, 4) is 33.9 Å². The number of hydrogen-bond donors (Lipinski definition) is 0. The Kier molecular flexibility index (Phi) is 8.03. The van der Waals surface area contributed by atoms with Crippen LogP contribution in [-0.2, 0) is 0 Å². The van der Waals surface area contributed by atoms with Crippen LogP contribution in [0.15, 0.2) is 182 Å². The molecule has 1 aliphatic rings. The standard InChI is InChI=1S/C55H36N4S/c1-33-30-38(55-58-53(34-14-4-2-5-15-34)57-54(59-55)35-16-6-3-7-17-35)25-27-39(33)51-52-50(45-22-12-13-23-49(45)60-52)47-32-37(26-29-48(47)56-51)36-24-28-44-42-20-9-8-18-40(42)41-19-10-11-21-43(41)46(44)31-36/h2-29,31-33H,30H2,1H3. The predicted molar refractivity (Wildman–Crippen MR) is 253 cm³/mol. The van der Waals surface area contributed by atoms with E-state index in [9.17, 15) is 0 Å². The second-order valence-electron chi connectivity index (χ2n) is 15.8. The van der Waals surface area contributed by atoms with E-state index in [1.54, 1.807) is 0 Å². The van der Waals surface area contributed by atoms with Crippen LogP contribution in [0.1, 0.15) is 24.9 Å². The molecule has 0 radical (unpaired) electrons. The van der Waals surface area contributed by atoms with Crippen LogP contribution in [0.3, 0.4) is 0 Å². The van der Waals surface area contributed by atoms with Gasteiger partial charge in [0.15, 0.2) is 17.5 Å². The lowest BCUT2D eigenvalue weighted by molar-refractivity contribution is 0.761. The fraction of sp³-hybridized carbons (Fsp3) is 0.0545. The fourth-order valence-electron chi connectivity index (χ4n) is 9.24. The molecule has 0 bridgehead atoms. The molecule has 0 aliphatic heterocycles. The number of rotatable bonds is 5. The van der Waals surface area contributed by atoms with Crippen LogP contribution in [0.5, 0.6) is 0 Å². The second-order valence-corrected chi connectivity index (χ2v) is 16.9. The van der Waals surface area contributed by atoms with E-state index in [-0.39, 0.29) is 5.92 Å². The average molecular weight is 785 g/mol.